The Balaban J connectivity index is 2.13. The zero-order valence-corrected chi connectivity index (χ0v) is 11.1. The molecule has 1 fully saturated rings. The van der Waals surface area contributed by atoms with Gasteiger partial charge in [-0.1, -0.05) is 35.7 Å². The van der Waals surface area contributed by atoms with E-state index in [-0.39, 0.29) is 11.5 Å². The van der Waals surface area contributed by atoms with Crippen LogP contribution >= 0.6 is 23.2 Å². The standard InChI is InChI=1S/C13H12Cl2N2O/c14-13(15,8-2-1-3-8)9-4-5-11-10(6-9)12(18)17-7-16-11/h4-8H,1-3H2,(H,16,17,18). The number of aromatic amines is 1. The molecule has 1 N–H and O–H groups in total. The summed E-state index contributed by atoms with van der Waals surface area (Å²) >= 11 is 12.9. The lowest BCUT2D eigenvalue weighted by Crippen LogP contribution is -2.29. The highest BCUT2D eigenvalue weighted by Gasteiger charge is 2.40. The van der Waals surface area contributed by atoms with Crippen molar-refractivity contribution in [1.29, 1.82) is 0 Å². The van der Waals surface area contributed by atoms with Gasteiger partial charge >= 0.3 is 0 Å². The van der Waals surface area contributed by atoms with Gasteiger partial charge in [-0.2, -0.15) is 0 Å². The van der Waals surface area contributed by atoms with Crippen LogP contribution in [0.1, 0.15) is 24.8 Å². The molecule has 0 amide bonds. The Bertz CT molecular complexity index is 647. The Morgan fingerprint density at radius 1 is 1.33 bits per heavy atom. The van der Waals surface area contributed by atoms with Crippen LogP contribution in [0.25, 0.3) is 10.9 Å². The van der Waals surface area contributed by atoms with Crippen LogP contribution in [0.2, 0.25) is 0 Å². The average Bonchev–Trinajstić information content (AvgIpc) is 2.26. The van der Waals surface area contributed by atoms with Crippen molar-refractivity contribution in [2.24, 2.45) is 5.92 Å². The molecule has 1 saturated carbocycles. The van der Waals surface area contributed by atoms with Crippen molar-refractivity contribution in [1.82, 2.24) is 9.97 Å². The van der Waals surface area contributed by atoms with Crippen LogP contribution in [0.3, 0.4) is 0 Å². The fourth-order valence-electron chi connectivity index (χ4n) is 2.28. The summed E-state index contributed by atoms with van der Waals surface area (Å²) in [6.07, 6.45) is 4.63. The molecule has 1 aromatic carbocycles. The van der Waals surface area contributed by atoms with Crippen molar-refractivity contribution in [3.05, 3.63) is 40.4 Å². The van der Waals surface area contributed by atoms with E-state index in [1.807, 2.05) is 6.07 Å². The Kier molecular flexibility index (Phi) is 2.83. The number of nitrogens with zero attached hydrogens (tertiary/aromatic N) is 1. The lowest BCUT2D eigenvalue weighted by atomic mass is 9.80. The highest BCUT2D eigenvalue weighted by atomic mass is 35.5. The summed E-state index contributed by atoms with van der Waals surface area (Å²) < 4.78 is -0.908. The van der Waals surface area contributed by atoms with E-state index in [1.54, 1.807) is 12.1 Å². The van der Waals surface area contributed by atoms with Crippen LogP contribution in [0.4, 0.5) is 0 Å². The maximum Gasteiger partial charge on any atom is 0.258 e. The first kappa shape index (κ1) is 12.0. The van der Waals surface area contributed by atoms with Gasteiger partial charge in [-0.25, -0.2) is 4.98 Å². The Hall–Kier alpha value is -1.06. The molecule has 0 unspecified atom stereocenters. The van der Waals surface area contributed by atoms with Crippen molar-refractivity contribution >= 4 is 34.1 Å². The summed E-state index contributed by atoms with van der Waals surface area (Å²) in [7, 11) is 0. The molecule has 1 heterocycles. The number of benzene rings is 1. The van der Waals surface area contributed by atoms with Crippen LogP contribution in [0, 0.1) is 5.92 Å². The number of H-pyrrole nitrogens is 1. The van der Waals surface area contributed by atoms with Gasteiger partial charge in [-0.05, 0) is 36.5 Å². The molecule has 18 heavy (non-hydrogen) atoms. The molecule has 0 radical (unpaired) electrons. The fraction of sp³-hybridized carbons (Fsp3) is 0.385. The third kappa shape index (κ3) is 1.82. The summed E-state index contributed by atoms with van der Waals surface area (Å²) in [6.45, 7) is 0. The summed E-state index contributed by atoms with van der Waals surface area (Å²) in [4.78, 5) is 18.4. The van der Waals surface area contributed by atoms with Gasteiger partial charge in [0.1, 0.15) is 4.33 Å². The topological polar surface area (TPSA) is 45.8 Å². The largest absolute Gasteiger partial charge is 0.313 e. The Morgan fingerprint density at radius 3 is 2.78 bits per heavy atom. The van der Waals surface area contributed by atoms with Crippen molar-refractivity contribution in [2.75, 3.05) is 0 Å². The molecule has 0 saturated heterocycles. The van der Waals surface area contributed by atoms with Gasteiger partial charge < -0.3 is 4.98 Å². The SMILES string of the molecule is O=c1[nH]cnc2ccc(C(Cl)(Cl)C3CCC3)cc12. The van der Waals surface area contributed by atoms with Gasteiger partial charge in [-0.3, -0.25) is 4.79 Å². The van der Waals surface area contributed by atoms with Gasteiger partial charge in [0.25, 0.3) is 5.56 Å². The van der Waals surface area contributed by atoms with Gasteiger partial charge in [0.2, 0.25) is 0 Å². The third-order valence-electron chi connectivity index (χ3n) is 3.64. The second kappa shape index (κ2) is 4.25. The molecule has 5 heteroatoms. The fourth-order valence-corrected chi connectivity index (χ4v) is 2.95. The van der Waals surface area contributed by atoms with Crippen molar-refractivity contribution < 1.29 is 0 Å². The number of aromatic nitrogens is 2. The summed E-state index contributed by atoms with van der Waals surface area (Å²) in [5, 5.41) is 0.528. The number of halogens is 2. The van der Waals surface area contributed by atoms with E-state index in [4.69, 9.17) is 23.2 Å². The molecule has 0 aliphatic heterocycles. The molecule has 1 aliphatic carbocycles. The summed E-state index contributed by atoms with van der Waals surface area (Å²) in [5.74, 6) is 0.272. The lowest BCUT2D eigenvalue weighted by molar-refractivity contribution is 0.283. The van der Waals surface area contributed by atoms with Crippen LogP contribution in [0.15, 0.2) is 29.3 Å². The second-order valence-electron chi connectivity index (χ2n) is 4.71. The lowest BCUT2D eigenvalue weighted by Gasteiger charge is -2.36. The smallest absolute Gasteiger partial charge is 0.258 e. The van der Waals surface area contributed by atoms with E-state index in [9.17, 15) is 4.79 Å². The predicted octanol–water partition coefficient (Wildman–Crippen LogP) is 3.35. The summed E-state index contributed by atoms with van der Waals surface area (Å²) in [6, 6.07) is 5.39. The van der Waals surface area contributed by atoms with Crippen LogP contribution < -0.4 is 5.56 Å². The Labute approximate surface area is 114 Å². The first-order chi connectivity index (χ1) is 8.59. The molecule has 3 rings (SSSR count). The first-order valence-electron chi connectivity index (χ1n) is 5.95. The van der Waals surface area contributed by atoms with Crippen LogP contribution in [0.5, 0.6) is 0 Å². The third-order valence-corrected chi connectivity index (χ3v) is 4.70. The molecule has 94 valence electrons. The Morgan fingerprint density at radius 2 is 2.11 bits per heavy atom. The minimum Gasteiger partial charge on any atom is -0.313 e. The number of rotatable bonds is 2. The maximum absolute atomic E-state index is 11.7. The van der Waals surface area contributed by atoms with Crippen LogP contribution in [-0.4, -0.2) is 9.97 Å². The van der Waals surface area contributed by atoms with E-state index in [1.165, 1.54) is 12.7 Å². The average molecular weight is 283 g/mol. The van der Waals surface area contributed by atoms with Crippen LogP contribution in [-0.2, 0) is 4.33 Å². The monoisotopic (exact) mass is 282 g/mol. The number of fused-ring (bicyclic) bond motifs is 1. The van der Waals surface area contributed by atoms with Crippen molar-refractivity contribution in [2.45, 2.75) is 23.6 Å². The molecular weight excluding hydrogens is 271 g/mol. The minimum absolute atomic E-state index is 0.167. The minimum atomic E-state index is -0.908. The van der Waals surface area contributed by atoms with Gasteiger partial charge in [-0.15, -0.1) is 0 Å². The van der Waals surface area contributed by atoms with Gasteiger partial charge in [0, 0.05) is 0 Å². The van der Waals surface area contributed by atoms with E-state index in [0.29, 0.717) is 10.9 Å². The number of hydrogen-bond acceptors (Lipinski definition) is 2. The molecule has 0 bridgehead atoms. The maximum atomic E-state index is 11.7. The van der Waals surface area contributed by atoms with E-state index in [2.05, 4.69) is 9.97 Å². The molecule has 0 spiro atoms. The van der Waals surface area contributed by atoms with Gasteiger partial charge in [0.05, 0.1) is 17.2 Å². The van der Waals surface area contributed by atoms with E-state index < -0.39 is 4.33 Å². The predicted molar refractivity (Wildman–Crippen MR) is 73.1 cm³/mol. The summed E-state index contributed by atoms with van der Waals surface area (Å²) in [5.41, 5.74) is 1.27. The van der Waals surface area contributed by atoms with E-state index >= 15 is 0 Å². The quantitative estimate of drug-likeness (QED) is 0.859. The van der Waals surface area contributed by atoms with Gasteiger partial charge in [0.15, 0.2) is 0 Å². The molecule has 0 atom stereocenters. The number of hydrogen-bond donors (Lipinski definition) is 1. The number of nitrogens with one attached hydrogen (secondary N) is 1. The van der Waals surface area contributed by atoms with Crippen molar-refractivity contribution in [3.63, 3.8) is 0 Å². The zero-order valence-electron chi connectivity index (χ0n) is 9.62. The molecule has 1 aliphatic rings. The highest BCUT2D eigenvalue weighted by molar-refractivity contribution is 6.48. The molecule has 3 nitrogen and oxygen atoms in total. The molecule has 2 aromatic rings. The normalized spacial score (nSPS) is 16.8. The van der Waals surface area contributed by atoms with E-state index in [0.717, 1.165) is 18.4 Å². The molecular formula is C13H12Cl2N2O. The first-order valence-corrected chi connectivity index (χ1v) is 6.70. The van der Waals surface area contributed by atoms with Crippen molar-refractivity contribution in [3.8, 4) is 0 Å². The highest BCUT2D eigenvalue weighted by Crippen LogP contribution is 2.50. The molecule has 1 aromatic heterocycles. The zero-order chi connectivity index (χ0) is 12.8. The number of alkyl halides is 2. The second-order valence-corrected chi connectivity index (χ2v) is 6.10.